The van der Waals surface area contributed by atoms with Gasteiger partial charge >= 0.3 is 6.01 Å². The largest absolute Gasteiger partial charge is 0.467 e. The predicted molar refractivity (Wildman–Crippen MR) is 66.6 cm³/mol. The number of hydrogen-bond donors (Lipinski definition) is 1. The molecular weight excluding hydrogens is 256 g/mol. The highest BCUT2D eigenvalue weighted by Crippen LogP contribution is 2.20. The summed E-state index contributed by atoms with van der Waals surface area (Å²) in [7, 11) is 1.50. The molecule has 8 heteroatoms. The number of methoxy groups -OCH3 is 1. The highest BCUT2D eigenvalue weighted by atomic mass is 35.5. The number of rotatable bonds is 5. The Morgan fingerprint density at radius 3 is 3.06 bits per heavy atom. The number of halogens is 1. The second-order valence-electron chi connectivity index (χ2n) is 3.44. The molecule has 0 bridgehead atoms. The third kappa shape index (κ3) is 2.67. The van der Waals surface area contributed by atoms with Gasteiger partial charge in [-0.05, 0) is 6.92 Å². The summed E-state index contributed by atoms with van der Waals surface area (Å²) in [5, 5.41) is 11.4. The molecule has 1 N–H and O–H groups in total. The molecule has 0 aromatic carbocycles. The van der Waals surface area contributed by atoms with Gasteiger partial charge < -0.3 is 14.6 Å². The van der Waals surface area contributed by atoms with Crippen molar-refractivity contribution in [3.63, 3.8) is 0 Å². The number of anilines is 1. The fraction of sp³-hybridized carbons (Fsp3) is 0.400. The third-order valence-electron chi connectivity index (χ3n) is 2.35. The van der Waals surface area contributed by atoms with E-state index in [9.17, 15) is 0 Å². The number of nitrogens with zero attached hydrogens (tertiary/aromatic N) is 5. The van der Waals surface area contributed by atoms with Crippen LogP contribution in [0.25, 0.3) is 0 Å². The van der Waals surface area contributed by atoms with Crippen molar-refractivity contribution in [2.24, 2.45) is 0 Å². The molecule has 0 aliphatic carbocycles. The van der Waals surface area contributed by atoms with Gasteiger partial charge in [-0.3, -0.25) is 0 Å². The topological polar surface area (TPSA) is 77.8 Å². The highest BCUT2D eigenvalue weighted by Gasteiger charge is 2.07. The van der Waals surface area contributed by atoms with E-state index in [-0.39, 0.29) is 6.01 Å². The number of nitrogens with one attached hydrogen (secondary N) is 1. The summed E-state index contributed by atoms with van der Waals surface area (Å²) in [6.07, 6.45) is 3.17. The van der Waals surface area contributed by atoms with Gasteiger partial charge in [0.25, 0.3) is 0 Å². The number of aryl methyl sites for hydroxylation is 1. The third-order valence-corrected chi connectivity index (χ3v) is 2.63. The van der Waals surface area contributed by atoms with Gasteiger partial charge in [-0.2, -0.15) is 4.98 Å². The standard InChI is InChI=1S/C10H13ClN6O/c1-3-17-6-14-16-8(17)5-12-9-7(11)4-13-10(15-9)18-2/h4,6H,3,5H2,1-2H3,(H,12,13,15). The average molecular weight is 269 g/mol. The second kappa shape index (κ2) is 5.63. The summed E-state index contributed by atoms with van der Waals surface area (Å²) in [6, 6.07) is 0.263. The van der Waals surface area contributed by atoms with Crippen LogP contribution in [0.5, 0.6) is 6.01 Å². The molecule has 0 unspecified atom stereocenters. The van der Waals surface area contributed by atoms with E-state index in [4.69, 9.17) is 16.3 Å². The Kier molecular flexibility index (Phi) is 3.93. The summed E-state index contributed by atoms with van der Waals surface area (Å²) in [5.41, 5.74) is 0. The fourth-order valence-electron chi connectivity index (χ4n) is 1.42. The van der Waals surface area contributed by atoms with Gasteiger partial charge in [-0.1, -0.05) is 11.6 Å². The monoisotopic (exact) mass is 268 g/mol. The molecule has 7 nitrogen and oxygen atoms in total. The van der Waals surface area contributed by atoms with Gasteiger partial charge in [0, 0.05) is 6.54 Å². The van der Waals surface area contributed by atoms with E-state index in [0.717, 1.165) is 12.4 Å². The number of hydrogen-bond acceptors (Lipinski definition) is 6. The molecule has 96 valence electrons. The molecule has 0 spiro atoms. The van der Waals surface area contributed by atoms with Gasteiger partial charge in [-0.25, -0.2) is 4.98 Å². The fourth-order valence-corrected chi connectivity index (χ4v) is 1.57. The average Bonchev–Trinajstić information content (AvgIpc) is 2.85. The zero-order valence-corrected chi connectivity index (χ0v) is 10.8. The van der Waals surface area contributed by atoms with Crippen molar-refractivity contribution >= 4 is 17.4 Å². The van der Waals surface area contributed by atoms with Crippen LogP contribution in [0, 0.1) is 0 Å². The first-order valence-electron chi connectivity index (χ1n) is 5.41. The van der Waals surface area contributed by atoms with E-state index in [1.165, 1.54) is 13.3 Å². The van der Waals surface area contributed by atoms with Gasteiger partial charge in [0.1, 0.15) is 11.3 Å². The first kappa shape index (κ1) is 12.6. The van der Waals surface area contributed by atoms with Crippen molar-refractivity contribution in [1.82, 2.24) is 24.7 Å². The van der Waals surface area contributed by atoms with Crippen molar-refractivity contribution in [1.29, 1.82) is 0 Å². The first-order valence-corrected chi connectivity index (χ1v) is 5.79. The molecule has 0 amide bonds. The van der Waals surface area contributed by atoms with E-state index in [0.29, 0.717) is 17.4 Å². The summed E-state index contributed by atoms with van der Waals surface area (Å²) in [6.45, 7) is 3.31. The SMILES string of the molecule is CCn1cnnc1CNc1nc(OC)ncc1Cl. The van der Waals surface area contributed by atoms with Crippen molar-refractivity contribution in [2.75, 3.05) is 12.4 Å². The molecule has 0 fully saturated rings. The maximum absolute atomic E-state index is 5.98. The minimum atomic E-state index is 0.263. The Morgan fingerprint density at radius 2 is 2.33 bits per heavy atom. The maximum Gasteiger partial charge on any atom is 0.318 e. The van der Waals surface area contributed by atoms with E-state index in [1.807, 2.05) is 11.5 Å². The minimum Gasteiger partial charge on any atom is -0.467 e. The maximum atomic E-state index is 5.98. The predicted octanol–water partition coefficient (Wildman–Crippen LogP) is 1.36. The molecule has 0 atom stereocenters. The molecule has 0 aliphatic rings. The van der Waals surface area contributed by atoms with E-state index in [2.05, 4.69) is 25.5 Å². The van der Waals surface area contributed by atoms with Crippen molar-refractivity contribution in [2.45, 2.75) is 20.0 Å². The Hall–Kier alpha value is -1.89. The van der Waals surface area contributed by atoms with Crippen molar-refractivity contribution < 1.29 is 4.74 Å². The highest BCUT2D eigenvalue weighted by molar-refractivity contribution is 6.32. The lowest BCUT2D eigenvalue weighted by atomic mass is 10.5. The van der Waals surface area contributed by atoms with Gasteiger partial charge in [0.05, 0.1) is 19.9 Å². The summed E-state index contributed by atoms with van der Waals surface area (Å²) < 4.78 is 6.87. The lowest BCUT2D eigenvalue weighted by molar-refractivity contribution is 0.380. The zero-order chi connectivity index (χ0) is 13.0. The molecule has 0 saturated heterocycles. The Morgan fingerprint density at radius 1 is 1.50 bits per heavy atom. The number of aromatic nitrogens is 5. The van der Waals surface area contributed by atoms with Crippen LogP contribution < -0.4 is 10.1 Å². The van der Waals surface area contributed by atoms with Crippen molar-refractivity contribution in [3.8, 4) is 6.01 Å². The van der Waals surface area contributed by atoms with Crippen LogP contribution in [0.1, 0.15) is 12.7 Å². The molecular formula is C10H13ClN6O. The molecule has 0 saturated carbocycles. The van der Waals surface area contributed by atoms with Crippen LogP contribution in [-0.2, 0) is 13.1 Å². The molecule has 0 aliphatic heterocycles. The van der Waals surface area contributed by atoms with Crippen LogP contribution in [0.3, 0.4) is 0 Å². The molecule has 0 radical (unpaired) electrons. The van der Waals surface area contributed by atoms with Crippen LogP contribution in [0.2, 0.25) is 5.02 Å². The normalized spacial score (nSPS) is 10.4. The number of ether oxygens (including phenoxy) is 1. The Bertz CT molecular complexity index is 529. The molecule has 2 rings (SSSR count). The summed E-state index contributed by atoms with van der Waals surface area (Å²) in [4.78, 5) is 8.01. The van der Waals surface area contributed by atoms with Crippen LogP contribution in [-0.4, -0.2) is 31.8 Å². The van der Waals surface area contributed by atoms with Gasteiger partial charge in [0.2, 0.25) is 0 Å². The van der Waals surface area contributed by atoms with Crippen LogP contribution in [0.4, 0.5) is 5.82 Å². The van der Waals surface area contributed by atoms with Crippen molar-refractivity contribution in [3.05, 3.63) is 23.4 Å². The summed E-state index contributed by atoms with van der Waals surface area (Å²) >= 11 is 5.98. The van der Waals surface area contributed by atoms with Gasteiger partial charge in [0.15, 0.2) is 11.6 Å². The molecule has 2 heterocycles. The van der Waals surface area contributed by atoms with Crippen LogP contribution in [0.15, 0.2) is 12.5 Å². The molecule has 2 aromatic heterocycles. The quantitative estimate of drug-likeness (QED) is 0.882. The van der Waals surface area contributed by atoms with E-state index >= 15 is 0 Å². The smallest absolute Gasteiger partial charge is 0.318 e. The second-order valence-corrected chi connectivity index (χ2v) is 3.85. The Balaban J connectivity index is 2.10. The first-order chi connectivity index (χ1) is 8.74. The lowest BCUT2D eigenvalue weighted by Crippen LogP contribution is -2.09. The lowest BCUT2D eigenvalue weighted by Gasteiger charge is -2.08. The molecule has 2 aromatic rings. The zero-order valence-electron chi connectivity index (χ0n) is 10.1. The van der Waals surface area contributed by atoms with Gasteiger partial charge in [-0.15, -0.1) is 10.2 Å². The molecule has 18 heavy (non-hydrogen) atoms. The Labute approximate surface area is 109 Å². The van der Waals surface area contributed by atoms with E-state index in [1.54, 1.807) is 6.33 Å². The van der Waals surface area contributed by atoms with Crippen LogP contribution >= 0.6 is 11.6 Å². The summed E-state index contributed by atoms with van der Waals surface area (Å²) in [5.74, 6) is 1.32. The van der Waals surface area contributed by atoms with E-state index < -0.39 is 0 Å². The minimum absolute atomic E-state index is 0.263.